The number of rotatable bonds is 2. The summed E-state index contributed by atoms with van der Waals surface area (Å²) in [5.41, 5.74) is 2.75. The molecule has 1 aromatic carbocycles. The lowest BCUT2D eigenvalue weighted by Gasteiger charge is -2.44. The van der Waals surface area contributed by atoms with Crippen LogP contribution in [0.3, 0.4) is 0 Å². The molecule has 27 heavy (non-hydrogen) atoms. The summed E-state index contributed by atoms with van der Waals surface area (Å²) in [6.45, 7) is 0.857. The van der Waals surface area contributed by atoms with Crippen molar-refractivity contribution < 1.29 is 18.3 Å². The summed E-state index contributed by atoms with van der Waals surface area (Å²) in [7, 11) is 3.25. The zero-order valence-electron chi connectivity index (χ0n) is 15.2. The number of hydrogen-bond acceptors (Lipinski definition) is 6. The van der Waals surface area contributed by atoms with E-state index in [1.54, 1.807) is 38.1 Å². The largest absolute Gasteiger partial charge is 0.388 e. The number of aromatic nitrogens is 2. The maximum absolute atomic E-state index is 14.7. The minimum Gasteiger partial charge on any atom is -0.388 e. The smallest absolute Gasteiger partial charge is 0.185 e. The Morgan fingerprint density at radius 1 is 1.37 bits per heavy atom. The molecule has 3 heterocycles. The number of hydrogen-bond donors (Lipinski definition) is 2. The highest BCUT2D eigenvalue weighted by molar-refractivity contribution is 8.13. The maximum atomic E-state index is 14.7. The number of benzene rings is 1. The number of fused-ring (bicyclic) bond motifs is 1. The third kappa shape index (κ3) is 3.99. The van der Waals surface area contributed by atoms with Gasteiger partial charge in [-0.2, -0.15) is 5.10 Å². The average molecular weight is 396 g/mol. The molecule has 1 saturated heterocycles. The van der Waals surface area contributed by atoms with Crippen molar-refractivity contribution >= 4 is 16.9 Å². The van der Waals surface area contributed by atoms with Crippen LogP contribution in [0.15, 0.2) is 35.5 Å². The Labute approximate surface area is 160 Å². The van der Waals surface area contributed by atoms with Gasteiger partial charge in [0.05, 0.1) is 12.3 Å². The molecule has 1 aromatic heterocycles. The van der Waals surface area contributed by atoms with Crippen molar-refractivity contribution in [3.8, 4) is 11.3 Å². The second-order valence-electron chi connectivity index (χ2n) is 6.36. The van der Waals surface area contributed by atoms with E-state index in [0.717, 1.165) is 17.7 Å². The van der Waals surface area contributed by atoms with Crippen molar-refractivity contribution in [2.45, 2.75) is 12.0 Å². The monoisotopic (exact) mass is 396 g/mol. The molecule has 9 heteroatoms. The molecule has 0 radical (unpaired) electrons. The van der Waals surface area contributed by atoms with Crippen LogP contribution in [0, 0.1) is 11.7 Å². The van der Waals surface area contributed by atoms with Gasteiger partial charge in [-0.1, -0.05) is 11.8 Å². The van der Waals surface area contributed by atoms with Gasteiger partial charge in [0, 0.05) is 49.8 Å². The molecule has 1 fully saturated rings. The Bertz CT molecular complexity index is 788. The SMILES string of the molecule is COC.FNC1=NC2(c3cc(-c4ccn[nH]4)ccc3F)COCCC2CS1. The number of halogens is 2. The quantitative estimate of drug-likeness (QED) is 0.763. The molecule has 0 aliphatic carbocycles. The first-order valence-electron chi connectivity index (χ1n) is 8.51. The molecule has 2 atom stereocenters. The van der Waals surface area contributed by atoms with Gasteiger partial charge in [-0.05, 0) is 30.7 Å². The van der Waals surface area contributed by atoms with E-state index in [1.807, 2.05) is 6.07 Å². The molecule has 2 aromatic rings. The van der Waals surface area contributed by atoms with E-state index >= 15 is 0 Å². The molecule has 2 aliphatic rings. The minimum atomic E-state index is -0.905. The number of amidine groups is 1. The standard InChI is InChI=1S/C16H16F2N4OS.C2H6O/c17-13-2-1-10(14-3-5-19-22-14)7-12(13)16-9-23-6-4-11(16)8-24-15(20-16)21-18;1-3-2/h1-3,5,7,11H,4,6,8-9H2,(H,19,22)(H,20,21);1-2H3. The summed E-state index contributed by atoms with van der Waals surface area (Å²) < 4.78 is 37.6. The zero-order chi connectivity index (χ0) is 19.3. The fourth-order valence-corrected chi connectivity index (χ4v) is 4.48. The van der Waals surface area contributed by atoms with Gasteiger partial charge in [0.15, 0.2) is 5.17 Å². The minimum absolute atomic E-state index is 0.0971. The summed E-state index contributed by atoms with van der Waals surface area (Å²) in [5.74, 6) is 0.412. The van der Waals surface area contributed by atoms with Crippen molar-refractivity contribution in [3.05, 3.63) is 41.8 Å². The molecule has 6 nitrogen and oxygen atoms in total. The predicted molar refractivity (Wildman–Crippen MR) is 102 cm³/mol. The van der Waals surface area contributed by atoms with Crippen molar-refractivity contribution in [2.75, 3.05) is 33.2 Å². The van der Waals surface area contributed by atoms with Crippen molar-refractivity contribution in [2.24, 2.45) is 10.9 Å². The van der Waals surface area contributed by atoms with E-state index in [9.17, 15) is 8.87 Å². The van der Waals surface area contributed by atoms with Crippen LogP contribution in [0.5, 0.6) is 0 Å². The van der Waals surface area contributed by atoms with E-state index in [4.69, 9.17) is 4.74 Å². The van der Waals surface area contributed by atoms with Gasteiger partial charge >= 0.3 is 0 Å². The van der Waals surface area contributed by atoms with Gasteiger partial charge < -0.3 is 9.47 Å². The van der Waals surface area contributed by atoms with Crippen LogP contribution >= 0.6 is 11.8 Å². The number of ether oxygens (including phenoxy) is 2. The Morgan fingerprint density at radius 3 is 2.89 bits per heavy atom. The number of H-pyrrole nitrogens is 1. The first kappa shape index (κ1) is 19.8. The fourth-order valence-electron chi connectivity index (χ4n) is 3.40. The number of methoxy groups -OCH3 is 1. The summed E-state index contributed by atoms with van der Waals surface area (Å²) in [4.78, 5) is 4.51. The average Bonchev–Trinajstić information content (AvgIpc) is 3.23. The van der Waals surface area contributed by atoms with Gasteiger partial charge in [-0.15, -0.1) is 4.48 Å². The van der Waals surface area contributed by atoms with Crippen LogP contribution < -0.4 is 5.54 Å². The van der Waals surface area contributed by atoms with Gasteiger partial charge in [-0.25, -0.2) is 14.9 Å². The highest BCUT2D eigenvalue weighted by Gasteiger charge is 2.47. The molecule has 4 rings (SSSR count). The lowest BCUT2D eigenvalue weighted by molar-refractivity contribution is 0.00271. The molecule has 2 N–H and O–H groups in total. The number of thioether (sulfide) groups is 1. The molecule has 2 aliphatic heterocycles. The van der Waals surface area contributed by atoms with Crippen LogP contribution in [-0.4, -0.2) is 48.6 Å². The third-order valence-electron chi connectivity index (χ3n) is 4.66. The first-order chi connectivity index (χ1) is 13.1. The molecule has 0 saturated carbocycles. The number of aromatic amines is 1. The predicted octanol–water partition coefficient (Wildman–Crippen LogP) is 3.29. The fraction of sp³-hybridized carbons (Fsp3) is 0.444. The highest BCUT2D eigenvalue weighted by Crippen LogP contribution is 2.46. The molecule has 146 valence electrons. The van der Waals surface area contributed by atoms with Crippen LogP contribution in [0.1, 0.15) is 12.0 Å². The van der Waals surface area contributed by atoms with Gasteiger partial charge in [0.25, 0.3) is 0 Å². The van der Waals surface area contributed by atoms with Crippen LogP contribution in [0.25, 0.3) is 11.3 Å². The first-order valence-corrected chi connectivity index (χ1v) is 9.50. The van der Waals surface area contributed by atoms with Gasteiger partial charge in [-0.3, -0.25) is 5.10 Å². The summed E-state index contributed by atoms with van der Waals surface area (Å²) in [6.07, 6.45) is 2.41. The zero-order valence-corrected chi connectivity index (χ0v) is 16.0. The molecular formula is C18H22F2N4O2S. The second-order valence-corrected chi connectivity index (χ2v) is 7.37. The van der Waals surface area contributed by atoms with Crippen LogP contribution in [0.2, 0.25) is 0 Å². The number of nitrogens with one attached hydrogen (secondary N) is 2. The molecule has 0 spiro atoms. The van der Waals surface area contributed by atoms with E-state index in [2.05, 4.69) is 19.9 Å². The van der Waals surface area contributed by atoms with Crippen molar-refractivity contribution in [1.82, 2.24) is 15.7 Å². The summed E-state index contributed by atoms with van der Waals surface area (Å²) >= 11 is 1.32. The summed E-state index contributed by atoms with van der Waals surface area (Å²) in [5, 5.41) is 6.98. The third-order valence-corrected chi connectivity index (χ3v) is 5.67. The van der Waals surface area contributed by atoms with E-state index in [-0.39, 0.29) is 23.5 Å². The van der Waals surface area contributed by atoms with Crippen LogP contribution in [0.4, 0.5) is 8.87 Å². The normalized spacial score (nSPS) is 24.3. The molecular weight excluding hydrogens is 374 g/mol. The molecule has 0 bridgehead atoms. The Kier molecular flexibility index (Phi) is 6.46. The Hall–Kier alpha value is -1.97. The van der Waals surface area contributed by atoms with Crippen molar-refractivity contribution in [3.63, 3.8) is 0 Å². The Morgan fingerprint density at radius 2 is 2.19 bits per heavy atom. The van der Waals surface area contributed by atoms with Gasteiger partial charge in [0.1, 0.15) is 11.4 Å². The van der Waals surface area contributed by atoms with Crippen molar-refractivity contribution in [1.29, 1.82) is 0 Å². The van der Waals surface area contributed by atoms with Gasteiger partial charge in [0.2, 0.25) is 0 Å². The lowest BCUT2D eigenvalue weighted by atomic mass is 9.76. The van der Waals surface area contributed by atoms with E-state index in [1.165, 1.54) is 17.8 Å². The number of nitrogens with zero attached hydrogens (tertiary/aromatic N) is 2. The molecule has 2 unspecified atom stereocenters. The summed E-state index contributed by atoms with van der Waals surface area (Å²) in [6, 6.07) is 6.70. The Balaban J connectivity index is 0.000000659. The highest BCUT2D eigenvalue weighted by atomic mass is 32.2. The topological polar surface area (TPSA) is 71.5 Å². The van der Waals surface area contributed by atoms with E-state index < -0.39 is 5.54 Å². The number of aliphatic imine (C=N–C) groups is 1. The van der Waals surface area contributed by atoms with Crippen LogP contribution in [-0.2, 0) is 15.0 Å². The second kappa shape index (κ2) is 8.81. The maximum Gasteiger partial charge on any atom is 0.185 e. The van der Waals surface area contributed by atoms with E-state index in [0.29, 0.717) is 17.9 Å². The lowest BCUT2D eigenvalue weighted by Crippen LogP contribution is -2.48. The molecule has 0 amide bonds.